The summed E-state index contributed by atoms with van der Waals surface area (Å²) in [5, 5.41) is 3.36. The second kappa shape index (κ2) is 7.03. The van der Waals surface area contributed by atoms with Crippen LogP contribution in [0.2, 0.25) is 0 Å². The molecule has 0 unspecified atom stereocenters. The van der Waals surface area contributed by atoms with Gasteiger partial charge in [0.15, 0.2) is 0 Å². The second-order valence-corrected chi connectivity index (χ2v) is 6.75. The van der Waals surface area contributed by atoms with Gasteiger partial charge in [-0.25, -0.2) is 0 Å². The van der Waals surface area contributed by atoms with Crippen molar-refractivity contribution in [3.05, 3.63) is 54.1 Å². The van der Waals surface area contributed by atoms with Gasteiger partial charge in [-0.05, 0) is 47.7 Å². The van der Waals surface area contributed by atoms with Crippen LogP contribution in [0.3, 0.4) is 0 Å². The van der Waals surface area contributed by atoms with Gasteiger partial charge in [-0.15, -0.1) is 0 Å². The van der Waals surface area contributed by atoms with Gasteiger partial charge < -0.3 is 15.0 Å². The average molecular weight is 358 g/mol. The molecule has 2 aliphatic rings. The summed E-state index contributed by atoms with van der Waals surface area (Å²) >= 11 is 0. The number of ether oxygens (including phenoxy) is 1. The van der Waals surface area contributed by atoms with Gasteiger partial charge in [-0.2, -0.15) is 8.78 Å². The highest BCUT2D eigenvalue weighted by Gasteiger charge is 2.39. The molecule has 0 spiro atoms. The van der Waals surface area contributed by atoms with Crippen molar-refractivity contribution in [1.82, 2.24) is 10.2 Å². The van der Waals surface area contributed by atoms with Gasteiger partial charge in [0.2, 0.25) is 0 Å². The minimum absolute atomic E-state index is 0.0773. The Balaban J connectivity index is 1.47. The van der Waals surface area contributed by atoms with Crippen molar-refractivity contribution in [2.75, 3.05) is 19.6 Å². The number of halogens is 2. The Hall–Kier alpha value is -2.47. The topological polar surface area (TPSA) is 41.6 Å². The third-order valence-electron chi connectivity index (χ3n) is 5.25. The van der Waals surface area contributed by atoms with Crippen LogP contribution in [0.5, 0.6) is 5.75 Å². The highest BCUT2D eigenvalue weighted by atomic mass is 19.3. The largest absolute Gasteiger partial charge is 0.435 e. The van der Waals surface area contributed by atoms with Crippen molar-refractivity contribution in [3.63, 3.8) is 0 Å². The van der Waals surface area contributed by atoms with Crippen molar-refractivity contribution < 1.29 is 18.3 Å². The molecule has 2 saturated heterocycles. The lowest BCUT2D eigenvalue weighted by atomic mass is 10.0. The summed E-state index contributed by atoms with van der Waals surface area (Å²) < 4.78 is 28.8. The van der Waals surface area contributed by atoms with E-state index in [2.05, 4.69) is 10.1 Å². The molecular formula is C20H20F2N2O2. The minimum Gasteiger partial charge on any atom is -0.435 e. The number of alkyl halides is 2. The van der Waals surface area contributed by atoms with Crippen LogP contribution >= 0.6 is 0 Å². The SMILES string of the molecule is O=C(c1ccc(-c2ccc(OC(F)F)cc2)cc1)N1CC[C@H]2CNC[C@H]21. The Morgan fingerprint density at radius 2 is 1.69 bits per heavy atom. The summed E-state index contributed by atoms with van der Waals surface area (Å²) in [5.41, 5.74) is 2.48. The maximum absolute atomic E-state index is 12.8. The quantitative estimate of drug-likeness (QED) is 0.911. The summed E-state index contributed by atoms with van der Waals surface area (Å²) in [7, 11) is 0. The first kappa shape index (κ1) is 17.0. The number of nitrogens with one attached hydrogen (secondary N) is 1. The first-order valence-electron chi connectivity index (χ1n) is 8.79. The Labute approximate surface area is 150 Å². The van der Waals surface area contributed by atoms with Gasteiger partial charge in [0.1, 0.15) is 5.75 Å². The van der Waals surface area contributed by atoms with Crippen molar-refractivity contribution >= 4 is 5.91 Å². The molecule has 0 aliphatic carbocycles. The minimum atomic E-state index is -2.83. The molecule has 0 saturated carbocycles. The third-order valence-corrected chi connectivity index (χ3v) is 5.25. The van der Waals surface area contributed by atoms with Gasteiger partial charge >= 0.3 is 6.61 Å². The zero-order valence-electron chi connectivity index (χ0n) is 14.2. The van der Waals surface area contributed by atoms with E-state index >= 15 is 0 Å². The van der Waals surface area contributed by atoms with Crippen LogP contribution in [0.15, 0.2) is 48.5 Å². The van der Waals surface area contributed by atoms with Crippen LogP contribution in [0, 0.1) is 5.92 Å². The number of carbonyl (C=O) groups is 1. The fraction of sp³-hybridized carbons (Fsp3) is 0.350. The Morgan fingerprint density at radius 1 is 1.04 bits per heavy atom. The van der Waals surface area contributed by atoms with Crippen LogP contribution in [0.4, 0.5) is 8.78 Å². The van der Waals surface area contributed by atoms with E-state index in [9.17, 15) is 13.6 Å². The molecule has 2 fully saturated rings. The highest BCUT2D eigenvalue weighted by Crippen LogP contribution is 2.29. The molecule has 2 heterocycles. The molecule has 6 heteroatoms. The number of fused-ring (bicyclic) bond motifs is 1. The number of carbonyl (C=O) groups excluding carboxylic acids is 1. The lowest BCUT2D eigenvalue weighted by molar-refractivity contribution is -0.0498. The van der Waals surface area contributed by atoms with E-state index in [0.717, 1.165) is 37.2 Å². The molecule has 4 nitrogen and oxygen atoms in total. The normalized spacial score (nSPS) is 21.9. The maximum atomic E-state index is 12.8. The molecule has 0 radical (unpaired) electrons. The fourth-order valence-corrected chi connectivity index (χ4v) is 3.90. The van der Waals surface area contributed by atoms with Crippen molar-refractivity contribution in [2.45, 2.75) is 19.1 Å². The van der Waals surface area contributed by atoms with Gasteiger partial charge in [0.05, 0.1) is 0 Å². The van der Waals surface area contributed by atoms with Crippen molar-refractivity contribution in [1.29, 1.82) is 0 Å². The number of likely N-dealkylation sites (tertiary alicyclic amines) is 1. The zero-order chi connectivity index (χ0) is 18.1. The van der Waals surface area contributed by atoms with E-state index in [0.29, 0.717) is 17.5 Å². The average Bonchev–Trinajstić information content (AvgIpc) is 3.25. The van der Waals surface area contributed by atoms with E-state index < -0.39 is 6.61 Å². The van der Waals surface area contributed by atoms with Gasteiger partial charge in [-0.1, -0.05) is 24.3 Å². The lowest BCUT2D eigenvalue weighted by Crippen LogP contribution is -2.39. The van der Waals surface area contributed by atoms with E-state index in [-0.39, 0.29) is 11.7 Å². The molecule has 4 rings (SSSR count). The summed E-state index contributed by atoms with van der Waals surface area (Å²) in [6.07, 6.45) is 1.06. The molecule has 1 N–H and O–H groups in total. The Kier molecular flexibility index (Phi) is 4.59. The second-order valence-electron chi connectivity index (χ2n) is 6.75. The molecule has 0 aromatic heterocycles. The number of amides is 1. The molecular weight excluding hydrogens is 338 g/mol. The number of rotatable bonds is 4. The van der Waals surface area contributed by atoms with Gasteiger partial charge in [0.25, 0.3) is 5.91 Å². The number of benzene rings is 2. The van der Waals surface area contributed by atoms with E-state index in [1.807, 2.05) is 29.2 Å². The van der Waals surface area contributed by atoms with Crippen LogP contribution in [0.25, 0.3) is 11.1 Å². The third kappa shape index (κ3) is 3.29. The van der Waals surface area contributed by atoms with Crippen LogP contribution < -0.4 is 10.1 Å². The zero-order valence-corrected chi connectivity index (χ0v) is 14.2. The summed E-state index contributed by atoms with van der Waals surface area (Å²) in [6, 6.07) is 14.2. The molecule has 0 bridgehead atoms. The van der Waals surface area contributed by atoms with Crippen molar-refractivity contribution in [3.8, 4) is 16.9 Å². The van der Waals surface area contributed by atoms with Gasteiger partial charge in [-0.3, -0.25) is 4.79 Å². The summed E-state index contributed by atoms with van der Waals surface area (Å²) in [4.78, 5) is 14.8. The number of hydrogen-bond acceptors (Lipinski definition) is 3. The van der Waals surface area contributed by atoms with Crippen LogP contribution in [0.1, 0.15) is 16.8 Å². The monoisotopic (exact) mass is 358 g/mol. The first-order chi connectivity index (χ1) is 12.6. The number of nitrogens with zero attached hydrogens (tertiary/aromatic N) is 1. The number of hydrogen-bond donors (Lipinski definition) is 1. The molecule has 2 aromatic rings. The standard InChI is InChI=1S/C20H20F2N2O2/c21-20(22)26-17-7-5-14(6-8-17)13-1-3-15(4-2-13)19(25)24-10-9-16-11-23-12-18(16)24/h1-8,16,18,20,23H,9-12H2/t16-,18+/m0/s1. The lowest BCUT2D eigenvalue weighted by Gasteiger charge is -2.23. The summed E-state index contributed by atoms with van der Waals surface area (Å²) in [5.74, 6) is 0.782. The fourth-order valence-electron chi connectivity index (χ4n) is 3.90. The van der Waals surface area contributed by atoms with E-state index in [4.69, 9.17) is 0 Å². The predicted molar refractivity (Wildman–Crippen MR) is 94.3 cm³/mol. The molecule has 2 atom stereocenters. The Bertz CT molecular complexity index is 777. The molecule has 26 heavy (non-hydrogen) atoms. The first-order valence-corrected chi connectivity index (χ1v) is 8.79. The van der Waals surface area contributed by atoms with E-state index in [1.165, 1.54) is 12.1 Å². The Morgan fingerprint density at radius 3 is 2.35 bits per heavy atom. The highest BCUT2D eigenvalue weighted by molar-refractivity contribution is 5.95. The summed E-state index contributed by atoms with van der Waals surface area (Å²) in [6.45, 7) is -0.130. The van der Waals surface area contributed by atoms with Crippen LogP contribution in [-0.4, -0.2) is 43.1 Å². The van der Waals surface area contributed by atoms with Gasteiger partial charge in [0, 0.05) is 31.2 Å². The predicted octanol–water partition coefficient (Wildman–Crippen LogP) is 3.39. The van der Waals surface area contributed by atoms with E-state index in [1.54, 1.807) is 12.1 Å². The van der Waals surface area contributed by atoms with Crippen molar-refractivity contribution in [2.24, 2.45) is 5.92 Å². The molecule has 1 amide bonds. The molecule has 136 valence electrons. The molecule has 2 aromatic carbocycles. The smallest absolute Gasteiger partial charge is 0.387 e. The maximum Gasteiger partial charge on any atom is 0.387 e. The molecule has 2 aliphatic heterocycles. The van der Waals surface area contributed by atoms with Crippen LogP contribution in [-0.2, 0) is 0 Å².